The van der Waals surface area contributed by atoms with Gasteiger partial charge in [-0.25, -0.2) is 13.4 Å². The summed E-state index contributed by atoms with van der Waals surface area (Å²) in [5.41, 5.74) is 1.80. The number of alkyl halides is 1. The van der Waals surface area contributed by atoms with Crippen molar-refractivity contribution < 1.29 is 8.42 Å². The van der Waals surface area contributed by atoms with Crippen molar-refractivity contribution >= 4 is 48.4 Å². The molecule has 1 aliphatic rings. The summed E-state index contributed by atoms with van der Waals surface area (Å²) >= 11 is 9.41. The first-order chi connectivity index (χ1) is 9.50. The summed E-state index contributed by atoms with van der Waals surface area (Å²) in [5, 5.41) is 0. The Morgan fingerprint density at radius 3 is 2.95 bits per heavy atom. The van der Waals surface area contributed by atoms with E-state index in [-0.39, 0.29) is 23.4 Å². The fraction of sp³-hybridized carbons (Fsp3) is 0.462. The van der Waals surface area contributed by atoms with Gasteiger partial charge in [0.05, 0.1) is 28.4 Å². The lowest BCUT2D eigenvalue weighted by molar-refractivity contribution is 0.471. The molecule has 20 heavy (non-hydrogen) atoms. The molecule has 7 heteroatoms. The minimum Gasteiger partial charge on any atom is -0.323 e. The lowest BCUT2D eigenvalue weighted by Crippen LogP contribution is -2.28. The molecule has 1 fully saturated rings. The van der Waals surface area contributed by atoms with Gasteiger partial charge in [0.1, 0.15) is 5.82 Å². The zero-order chi connectivity index (χ0) is 14.3. The maximum atomic E-state index is 11.9. The van der Waals surface area contributed by atoms with Crippen LogP contribution in [-0.4, -0.2) is 29.5 Å². The maximum Gasteiger partial charge on any atom is 0.152 e. The summed E-state index contributed by atoms with van der Waals surface area (Å²) in [6.07, 6.45) is 1.55. The number of benzene rings is 1. The molecule has 0 aliphatic carbocycles. The van der Waals surface area contributed by atoms with E-state index < -0.39 is 9.84 Å². The van der Waals surface area contributed by atoms with Crippen LogP contribution in [0.1, 0.15) is 24.7 Å². The SMILES string of the molecule is O=S1(=O)CCCC(n2c(CCl)nc3cc(Br)ccc32)C1. The van der Waals surface area contributed by atoms with Crippen LogP contribution < -0.4 is 0 Å². The Balaban J connectivity index is 2.14. The molecule has 108 valence electrons. The van der Waals surface area contributed by atoms with Crippen LogP contribution in [0.3, 0.4) is 0 Å². The van der Waals surface area contributed by atoms with Gasteiger partial charge in [-0.1, -0.05) is 15.9 Å². The van der Waals surface area contributed by atoms with E-state index in [1.165, 1.54) is 0 Å². The van der Waals surface area contributed by atoms with Crippen LogP contribution in [0, 0.1) is 0 Å². The van der Waals surface area contributed by atoms with E-state index in [2.05, 4.69) is 20.9 Å². The second-order valence-corrected chi connectivity index (χ2v) is 8.49. The number of imidazole rings is 1. The number of aromatic nitrogens is 2. The quantitative estimate of drug-likeness (QED) is 0.755. The molecule has 1 aromatic carbocycles. The Morgan fingerprint density at radius 2 is 2.25 bits per heavy atom. The topological polar surface area (TPSA) is 52.0 Å². The van der Waals surface area contributed by atoms with Gasteiger partial charge < -0.3 is 4.57 Å². The average molecular weight is 378 g/mol. The van der Waals surface area contributed by atoms with Crippen LogP contribution in [-0.2, 0) is 15.7 Å². The molecule has 0 spiro atoms. The van der Waals surface area contributed by atoms with Crippen LogP contribution in [0.5, 0.6) is 0 Å². The Hall–Kier alpha value is -0.590. The van der Waals surface area contributed by atoms with Crippen LogP contribution >= 0.6 is 27.5 Å². The van der Waals surface area contributed by atoms with Crippen molar-refractivity contribution in [2.45, 2.75) is 24.8 Å². The predicted molar refractivity (Wildman–Crippen MR) is 83.9 cm³/mol. The smallest absolute Gasteiger partial charge is 0.152 e. The Kier molecular flexibility index (Phi) is 3.81. The van der Waals surface area contributed by atoms with Crippen molar-refractivity contribution in [2.24, 2.45) is 0 Å². The van der Waals surface area contributed by atoms with E-state index in [0.717, 1.165) is 27.8 Å². The fourth-order valence-electron chi connectivity index (χ4n) is 2.83. The molecule has 0 radical (unpaired) electrons. The molecular formula is C13H14BrClN2O2S. The highest BCUT2D eigenvalue weighted by Gasteiger charge is 2.28. The molecule has 0 bridgehead atoms. The van der Waals surface area contributed by atoms with Crippen molar-refractivity contribution in [1.29, 1.82) is 0 Å². The third kappa shape index (κ3) is 2.61. The van der Waals surface area contributed by atoms with Gasteiger partial charge in [-0.05, 0) is 31.0 Å². The first-order valence-corrected chi connectivity index (χ1v) is 9.58. The van der Waals surface area contributed by atoms with Gasteiger partial charge in [0.25, 0.3) is 0 Å². The summed E-state index contributed by atoms with van der Waals surface area (Å²) < 4.78 is 26.7. The minimum absolute atomic E-state index is 0.0614. The van der Waals surface area contributed by atoms with Gasteiger partial charge >= 0.3 is 0 Å². The molecule has 0 amide bonds. The minimum atomic E-state index is -2.96. The second kappa shape index (κ2) is 5.31. The Bertz CT molecular complexity index is 757. The highest BCUT2D eigenvalue weighted by atomic mass is 79.9. The van der Waals surface area contributed by atoms with Crippen LogP contribution in [0.25, 0.3) is 11.0 Å². The van der Waals surface area contributed by atoms with E-state index in [1.807, 2.05) is 22.8 Å². The number of sulfone groups is 1. The second-order valence-electron chi connectivity index (χ2n) is 5.08. The number of nitrogens with zero attached hydrogens (tertiary/aromatic N) is 2. The summed E-state index contributed by atoms with van der Waals surface area (Å²) in [6.45, 7) is 0. The number of halogens is 2. The van der Waals surface area contributed by atoms with Gasteiger partial charge in [-0.3, -0.25) is 0 Å². The van der Waals surface area contributed by atoms with Crippen molar-refractivity contribution in [3.8, 4) is 0 Å². The van der Waals surface area contributed by atoms with Crippen molar-refractivity contribution in [3.63, 3.8) is 0 Å². The van der Waals surface area contributed by atoms with Gasteiger partial charge in [0.15, 0.2) is 9.84 Å². The zero-order valence-electron chi connectivity index (χ0n) is 10.7. The summed E-state index contributed by atoms with van der Waals surface area (Å²) in [7, 11) is -2.96. The normalized spacial score (nSPS) is 22.2. The number of fused-ring (bicyclic) bond motifs is 1. The highest BCUT2D eigenvalue weighted by Crippen LogP contribution is 2.30. The molecule has 1 aliphatic heterocycles. The summed E-state index contributed by atoms with van der Waals surface area (Å²) in [5.74, 6) is 1.49. The Morgan fingerprint density at radius 1 is 1.45 bits per heavy atom. The van der Waals surface area contributed by atoms with Crippen molar-refractivity contribution in [2.75, 3.05) is 11.5 Å². The molecule has 1 atom stereocenters. The van der Waals surface area contributed by atoms with E-state index in [1.54, 1.807) is 0 Å². The van der Waals surface area contributed by atoms with E-state index >= 15 is 0 Å². The van der Waals surface area contributed by atoms with Gasteiger partial charge in [-0.2, -0.15) is 0 Å². The van der Waals surface area contributed by atoms with Gasteiger partial charge in [-0.15, -0.1) is 11.6 Å². The number of hydrogen-bond acceptors (Lipinski definition) is 3. The molecular weight excluding hydrogens is 364 g/mol. The lowest BCUT2D eigenvalue weighted by atomic mass is 10.1. The van der Waals surface area contributed by atoms with Crippen LogP contribution in [0.4, 0.5) is 0 Å². The molecule has 1 unspecified atom stereocenters. The summed E-state index contributed by atoms with van der Waals surface area (Å²) in [6, 6.07) is 5.77. The maximum absolute atomic E-state index is 11.9. The lowest BCUT2D eigenvalue weighted by Gasteiger charge is -2.25. The van der Waals surface area contributed by atoms with Gasteiger partial charge in [0.2, 0.25) is 0 Å². The Labute approximate surface area is 131 Å². The van der Waals surface area contributed by atoms with E-state index in [0.29, 0.717) is 6.42 Å². The standard InChI is InChI=1S/C13H14BrClN2O2S/c14-9-3-4-12-11(6-9)16-13(7-15)17(12)10-2-1-5-20(18,19)8-10/h3-4,6,10H,1-2,5,7-8H2. The molecule has 3 rings (SSSR count). The third-order valence-electron chi connectivity index (χ3n) is 3.65. The van der Waals surface area contributed by atoms with Crippen LogP contribution in [0.2, 0.25) is 0 Å². The van der Waals surface area contributed by atoms with E-state index in [4.69, 9.17) is 11.6 Å². The predicted octanol–water partition coefficient (Wildman–Crippen LogP) is 3.29. The average Bonchev–Trinajstić information content (AvgIpc) is 2.74. The molecule has 1 saturated heterocycles. The molecule has 1 aromatic heterocycles. The van der Waals surface area contributed by atoms with Crippen molar-refractivity contribution in [1.82, 2.24) is 9.55 Å². The molecule has 2 heterocycles. The first kappa shape index (κ1) is 14.4. The third-order valence-corrected chi connectivity index (χ3v) is 6.18. The highest BCUT2D eigenvalue weighted by molar-refractivity contribution is 9.10. The molecule has 0 N–H and O–H groups in total. The van der Waals surface area contributed by atoms with Gasteiger partial charge in [0, 0.05) is 10.5 Å². The monoisotopic (exact) mass is 376 g/mol. The summed E-state index contributed by atoms with van der Waals surface area (Å²) in [4.78, 5) is 4.52. The first-order valence-electron chi connectivity index (χ1n) is 6.43. The number of hydrogen-bond donors (Lipinski definition) is 0. The molecule has 4 nitrogen and oxygen atoms in total. The molecule has 0 saturated carbocycles. The zero-order valence-corrected chi connectivity index (χ0v) is 13.9. The van der Waals surface area contributed by atoms with E-state index in [9.17, 15) is 8.42 Å². The van der Waals surface area contributed by atoms with Crippen molar-refractivity contribution in [3.05, 3.63) is 28.5 Å². The largest absolute Gasteiger partial charge is 0.323 e. The van der Waals surface area contributed by atoms with Crippen LogP contribution in [0.15, 0.2) is 22.7 Å². The molecule has 2 aromatic rings. The number of rotatable bonds is 2. The fourth-order valence-corrected chi connectivity index (χ4v) is 5.04.